The van der Waals surface area contributed by atoms with E-state index in [2.05, 4.69) is 10.5 Å². The van der Waals surface area contributed by atoms with Crippen LogP contribution in [0.1, 0.15) is 34.6 Å². The summed E-state index contributed by atoms with van der Waals surface area (Å²) in [5, 5.41) is 17.3. The van der Waals surface area contributed by atoms with E-state index in [9.17, 15) is 9.90 Å². The molecule has 130 valence electrons. The topological polar surface area (TPSA) is 88.5 Å². The van der Waals surface area contributed by atoms with Crippen LogP contribution < -0.4 is 5.32 Å². The van der Waals surface area contributed by atoms with Gasteiger partial charge in [0.05, 0.1) is 6.54 Å². The van der Waals surface area contributed by atoms with Crippen molar-refractivity contribution in [2.45, 2.75) is 26.4 Å². The summed E-state index contributed by atoms with van der Waals surface area (Å²) < 4.78 is 10.7. The Morgan fingerprint density at radius 2 is 1.92 bits per heavy atom. The van der Waals surface area contributed by atoms with Crippen LogP contribution in [0.5, 0.6) is 0 Å². The van der Waals surface area contributed by atoms with Crippen molar-refractivity contribution >= 4 is 5.91 Å². The number of aliphatic hydroxyl groups is 1. The number of furan rings is 1. The zero-order valence-electron chi connectivity index (χ0n) is 14.4. The van der Waals surface area contributed by atoms with Crippen molar-refractivity contribution in [3.8, 4) is 11.3 Å². The van der Waals surface area contributed by atoms with Gasteiger partial charge >= 0.3 is 0 Å². The van der Waals surface area contributed by atoms with Crippen molar-refractivity contribution < 1.29 is 18.8 Å². The molecule has 1 unspecified atom stereocenters. The van der Waals surface area contributed by atoms with Gasteiger partial charge < -0.3 is 19.4 Å². The minimum atomic E-state index is -1.32. The van der Waals surface area contributed by atoms with E-state index in [1.807, 2.05) is 30.3 Å². The molecule has 0 radical (unpaired) electrons. The highest BCUT2D eigenvalue weighted by atomic mass is 16.5. The van der Waals surface area contributed by atoms with Crippen LogP contribution in [0.4, 0.5) is 0 Å². The number of hydrogen-bond acceptors (Lipinski definition) is 5. The summed E-state index contributed by atoms with van der Waals surface area (Å²) in [7, 11) is 0. The minimum absolute atomic E-state index is 0.00234. The maximum atomic E-state index is 12.7. The predicted octanol–water partition coefficient (Wildman–Crippen LogP) is 3.19. The fourth-order valence-electron chi connectivity index (χ4n) is 2.58. The molecule has 0 fully saturated rings. The van der Waals surface area contributed by atoms with Gasteiger partial charge in [-0.1, -0.05) is 35.5 Å². The lowest BCUT2D eigenvalue weighted by Crippen LogP contribution is -2.38. The second-order valence-corrected chi connectivity index (χ2v) is 6.20. The first-order valence-electron chi connectivity index (χ1n) is 7.97. The van der Waals surface area contributed by atoms with Gasteiger partial charge in [0.2, 0.25) is 0 Å². The van der Waals surface area contributed by atoms with E-state index in [0.29, 0.717) is 28.5 Å². The van der Waals surface area contributed by atoms with E-state index in [4.69, 9.17) is 8.94 Å². The van der Waals surface area contributed by atoms with Gasteiger partial charge in [0.1, 0.15) is 34.1 Å². The molecule has 3 rings (SSSR count). The summed E-state index contributed by atoms with van der Waals surface area (Å²) in [5.41, 5.74) is 0.307. The summed E-state index contributed by atoms with van der Waals surface area (Å²) in [5.74, 6) is 1.16. The fraction of sp³-hybridized carbons (Fsp3) is 0.263. The van der Waals surface area contributed by atoms with Crippen molar-refractivity contribution in [2.75, 3.05) is 6.54 Å². The second kappa shape index (κ2) is 6.57. The van der Waals surface area contributed by atoms with Crippen molar-refractivity contribution in [3.05, 3.63) is 65.3 Å². The van der Waals surface area contributed by atoms with Gasteiger partial charge in [0.25, 0.3) is 5.91 Å². The summed E-state index contributed by atoms with van der Waals surface area (Å²) in [4.78, 5) is 12.7. The van der Waals surface area contributed by atoms with Gasteiger partial charge in [-0.2, -0.15) is 0 Å². The number of amides is 1. The van der Waals surface area contributed by atoms with Gasteiger partial charge in [0.15, 0.2) is 0 Å². The third-order valence-electron chi connectivity index (χ3n) is 4.00. The van der Waals surface area contributed by atoms with Gasteiger partial charge in [-0.15, -0.1) is 0 Å². The monoisotopic (exact) mass is 340 g/mol. The van der Waals surface area contributed by atoms with Crippen LogP contribution in [0.3, 0.4) is 0 Å². The molecule has 0 saturated carbocycles. The molecule has 0 aliphatic heterocycles. The molecular formula is C19H20N2O4. The van der Waals surface area contributed by atoms with Crippen LogP contribution in [0.15, 0.2) is 51.4 Å². The third kappa shape index (κ3) is 3.49. The second-order valence-electron chi connectivity index (χ2n) is 6.20. The minimum Gasteiger partial charge on any atom is -0.463 e. The lowest BCUT2D eigenvalue weighted by Gasteiger charge is -2.21. The Morgan fingerprint density at radius 1 is 1.20 bits per heavy atom. The van der Waals surface area contributed by atoms with Crippen molar-refractivity contribution in [2.24, 2.45) is 0 Å². The Kier molecular flexibility index (Phi) is 4.46. The molecule has 1 amide bonds. The number of benzene rings is 1. The average Bonchev–Trinajstić information content (AvgIpc) is 3.20. The van der Waals surface area contributed by atoms with Gasteiger partial charge in [-0.3, -0.25) is 4.79 Å². The molecule has 2 heterocycles. The average molecular weight is 340 g/mol. The van der Waals surface area contributed by atoms with Crippen LogP contribution in [-0.4, -0.2) is 22.7 Å². The number of carbonyl (C=O) groups is 1. The van der Waals surface area contributed by atoms with Crippen LogP contribution in [0.2, 0.25) is 0 Å². The zero-order valence-corrected chi connectivity index (χ0v) is 14.4. The molecule has 6 nitrogen and oxygen atoms in total. The SMILES string of the molecule is Cc1ccc(C(C)(O)CNC(=O)c2c(-c3ccccc3)noc2C)o1. The van der Waals surface area contributed by atoms with Gasteiger partial charge in [-0.05, 0) is 32.9 Å². The molecule has 25 heavy (non-hydrogen) atoms. The lowest BCUT2D eigenvalue weighted by atomic mass is 10.0. The molecule has 6 heteroatoms. The Hall–Kier alpha value is -2.86. The highest BCUT2D eigenvalue weighted by Gasteiger charge is 2.29. The molecule has 3 aromatic rings. The molecular weight excluding hydrogens is 320 g/mol. The molecule has 0 aliphatic rings. The molecule has 0 aliphatic carbocycles. The lowest BCUT2D eigenvalue weighted by molar-refractivity contribution is 0.0323. The van der Waals surface area contributed by atoms with Gasteiger partial charge in [0, 0.05) is 5.56 Å². The Morgan fingerprint density at radius 3 is 2.56 bits per heavy atom. The smallest absolute Gasteiger partial charge is 0.257 e. The molecule has 0 bridgehead atoms. The standard InChI is InChI=1S/C19H20N2O4/c1-12-9-10-15(24-12)19(3,23)11-20-18(22)16-13(2)25-21-17(16)14-7-5-4-6-8-14/h4-10,23H,11H2,1-3H3,(H,20,22). The first kappa shape index (κ1) is 17.0. The van der Waals surface area contributed by atoms with E-state index in [1.165, 1.54) is 0 Å². The van der Waals surface area contributed by atoms with Crippen LogP contribution in [0.25, 0.3) is 11.3 Å². The molecule has 1 atom stereocenters. The van der Waals surface area contributed by atoms with E-state index >= 15 is 0 Å². The predicted molar refractivity (Wildman–Crippen MR) is 92.0 cm³/mol. The third-order valence-corrected chi connectivity index (χ3v) is 4.00. The van der Waals surface area contributed by atoms with Crippen LogP contribution >= 0.6 is 0 Å². The highest BCUT2D eigenvalue weighted by Crippen LogP contribution is 2.26. The maximum Gasteiger partial charge on any atom is 0.257 e. The van der Waals surface area contributed by atoms with E-state index < -0.39 is 5.60 Å². The summed E-state index contributed by atoms with van der Waals surface area (Å²) in [6.07, 6.45) is 0. The largest absolute Gasteiger partial charge is 0.463 e. The molecule has 1 aromatic carbocycles. The quantitative estimate of drug-likeness (QED) is 0.745. The number of hydrogen-bond donors (Lipinski definition) is 2. The van der Waals surface area contributed by atoms with Gasteiger partial charge in [-0.25, -0.2) is 0 Å². The highest BCUT2D eigenvalue weighted by molar-refractivity contribution is 6.00. The maximum absolute atomic E-state index is 12.7. The fourth-order valence-corrected chi connectivity index (χ4v) is 2.58. The van der Waals surface area contributed by atoms with E-state index in [0.717, 1.165) is 5.56 Å². The summed E-state index contributed by atoms with van der Waals surface area (Å²) in [6.45, 7) is 5.06. The van der Waals surface area contributed by atoms with E-state index in [-0.39, 0.29) is 12.5 Å². The number of carbonyl (C=O) groups excluding carboxylic acids is 1. The number of rotatable bonds is 5. The van der Waals surface area contributed by atoms with E-state index in [1.54, 1.807) is 32.9 Å². The van der Waals surface area contributed by atoms with Crippen molar-refractivity contribution in [3.63, 3.8) is 0 Å². The molecule has 2 N–H and O–H groups in total. The number of nitrogens with one attached hydrogen (secondary N) is 1. The molecule has 0 saturated heterocycles. The molecule has 2 aromatic heterocycles. The Labute approximate surface area is 145 Å². The number of aromatic nitrogens is 1. The van der Waals surface area contributed by atoms with Crippen molar-refractivity contribution in [1.82, 2.24) is 10.5 Å². The summed E-state index contributed by atoms with van der Waals surface area (Å²) >= 11 is 0. The Bertz CT molecular complexity index is 878. The zero-order chi connectivity index (χ0) is 18.0. The normalized spacial score (nSPS) is 13.4. The number of nitrogens with zero attached hydrogens (tertiary/aromatic N) is 1. The van der Waals surface area contributed by atoms with Crippen LogP contribution in [-0.2, 0) is 5.60 Å². The van der Waals surface area contributed by atoms with Crippen molar-refractivity contribution in [1.29, 1.82) is 0 Å². The molecule has 0 spiro atoms. The number of aryl methyl sites for hydroxylation is 2. The first-order valence-corrected chi connectivity index (χ1v) is 7.97. The first-order chi connectivity index (χ1) is 11.9. The summed E-state index contributed by atoms with van der Waals surface area (Å²) in [6, 6.07) is 12.8. The Balaban J connectivity index is 1.79. The van der Waals surface area contributed by atoms with Crippen LogP contribution in [0, 0.1) is 13.8 Å².